The van der Waals surface area contributed by atoms with E-state index in [-0.39, 0.29) is 11.7 Å². The fourth-order valence-corrected chi connectivity index (χ4v) is 3.44. The van der Waals surface area contributed by atoms with Gasteiger partial charge in [0.1, 0.15) is 5.75 Å². The predicted octanol–water partition coefficient (Wildman–Crippen LogP) is 3.69. The maximum Gasteiger partial charge on any atom is 0.286 e. The highest BCUT2D eigenvalue weighted by molar-refractivity contribution is 8.26. The number of carbonyl (C=O) groups excluding carboxylic acids is 1. The smallest absolute Gasteiger partial charge is 0.286 e. The first kappa shape index (κ1) is 18.2. The summed E-state index contributed by atoms with van der Waals surface area (Å²) in [4.78, 5) is 15.0. The molecule has 1 heterocycles. The van der Waals surface area contributed by atoms with Gasteiger partial charge in [0.25, 0.3) is 5.91 Å². The van der Waals surface area contributed by atoms with Gasteiger partial charge in [-0.1, -0.05) is 36.0 Å². The monoisotopic (exact) mass is 383 g/mol. The Bertz CT molecular complexity index is 888. The van der Waals surface area contributed by atoms with E-state index in [4.69, 9.17) is 12.2 Å². The minimum absolute atomic E-state index is 0.180. The number of phenolic OH excluding ortho intramolecular Hbond substituents is 1. The van der Waals surface area contributed by atoms with E-state index in [1.165, 1.54) is 16.8 Å². The molecule has 7 heteroatoms. The standard InChI is InChI=1S/C19H17N3O2S2/c1-21(2)15-7-3-14(4-8-15)12-20-22-18(24)17(26-19(22)25)11-13-5-9-16(23)10-6-13/h3-12,23H,1-2H3/b17-11+,20-12+. The molecule has 2 aromatic carbocycles. The first-order chi connectivity index (χ1) is 12.4. The van der Waals surface area contributed by atoms with Crippen LogP contribution in [0.15, 0.2) is 58.5 Å². The highest BCUT2D eigenvalue weighted by Gasteiger charge is 2.31. The van der Waals surface area contributed by atoms with Crippen molar-refractivity contribution in [3.8, 4) is 5.75 Å². The van der Waals surface area contributed by atoms with Crippen molar-refractivity contribution in [1.29, 1.82) is 0 Å². The first-order valence-electron chi connectivity index (χ1n) is 7.82. The fraction of sp³-hybridized carbons (Fsp3) is 0.105. The Kier molecular flexibility index (Phi) is 5.39. The number of carbonyl (C=O) groups is 1. The third kappa shape index (κ3) is 4.12. The summed E-state index contributed by atoms with van der Waals surface area (Å²) in [7, 11) is 3.95. The van der Waals surface area contributed by atoms with Gasteiger partial charge in [0.05, 0.1) is 11.1 Å². The van der Waals surface area contributed by atoms with Crippen molar-refractivity contribution in [2.45, 2.75) is 0 Å². The predicted molar refractivity (Wildman–Crippen MR) is 111 cm³/mol. The second-order valence-corrected chi connectivity index (χ2v) is 7.49. The van der Waals surface area contributed by atoms with Crippen molar-refractivity contribution in [3.05, 3.63) is 64.6 Å². The molecule has 132 valence electrons. The van der Waals surface area contributed by atoms with E-state index in [0.29, 0.717) is 9.23 Å². The zero-order chi connectivity index (χ0) is 18.7. The van der Waals surface area contributed by atoms with E-state index < -0.39 is 0 Å². The molecular formula is C19H17N3O2S2. The van der Waals surface area contributed by atoms with Crippen molar-refractivity contribution < 1.29 is 9.90 Å². The van der Waals surface area contributed by atoms with Crippen molar-refractivity contribution in [2.75, 3.05) is 19.0 Å². The second-order valence-electron chi connectivity index (χ2n) is 5.82. The third-order valence-corrected chi connectivity index (χ3v) is 4.98. The second kappa shape index (κ2) is 7.72. The summed E-state index contributed by atoms with van der Waals surface area (Å²) < 4.78 is 0.390. The van der Waals surface area contributed by atoms with Crippen LogP contribution in [0.4, 0.5) is 5.69 Å². The maximum absolute atomic E-state index is 12.5. The number of rotatable bonds is 4. The topological polar surface area (TPSA) is 56.1 Å². The van der Waals surface area contributed by atoms with Crippen LogP contribution in [0.5, 0.6) is 5.75 Å². The molecule has 1 aliphatic heterocycles. The van der Waals surface area contributed by atoms with E-state index in [1.54, 1.807) is 36.6 Å². The lowest BCUT2D eigenvalue weighted by Gasteiger charge is -2.12. The Balaban J connectivity index is 1.75. The summed E-state index contributed by atoms with van der Waals surface area (Å²) in [5.41, 5.74) is 2.78. The Hall–Kier alpha value is -2.64. The molecule has 1 saturated heterocycles. The average molecular weight is 383 g/mol. The molecule has 0 radical (unpaired) electrons. The van der Waals surface area contributed by atoms with Crippen LogP contribution in [0.3, 0.4) is 0 Å². The number of thiocarbonyl (C=S) groups is 1. The largest absolute Gasteiger partial charge is 0.508 e. The van der Waals surface area contributed by atoms with Gasteiger partial charge in [-0.25, -0.2) is 0 Å². The number of benzene rings is 2. The van der Waals surface area contributed by atoms with E-state index in [9.17, 15) is 9.90 Å². The average Bonchev–Trinajstić information content (AvgIpc) is 2.89. The molecule has 0 saturated carbocycles. The van der Waals surface area contributed by atoms with Gasteiger partial charge < -0.3 is 10.0 Å². The van der Waals surface area contributed by atoms with Crippen LogP contribution in [-0.4, -0.2) is 40.7 Å². The quantitative estimate of drug-likeness (QED) is 0.496. The molecule has 2 aromatic rings. The molecule has 0 atom stereocenters. The lowest BCUT2D eigenvalue weighted by molar-refractivity contribution is -0.122. The summed E-state index contributed by atoms with van der Waals surface area (Å²) >= 11 is 6.48. The van der Waals surface area contributed by atoms with Gasteiger partial charge in [-0.05, 0) is 53.7 Å². The first-order valence-corrected chi connectivity index (χ1v) is 9.05. The Morgan fingerprint density at radius 2 is 1.69 bits per heavy atom. The SMILES string of the molecule is CN(C)c1ccc(/C=N/N2C(=O)/C(=C\c3ccc(O)cc3)SC2=S)cc1. The van der Waals surface area contributed by atoms with Crippen molar-refractivity contribution in [2.24, 2.45) is 5.10 Å². The molecule has 1 aliphatic rings. The summed E-state index contributed by atoms with van der Waals surface area (Å²) in [6.45, 7) is 0. The number of hydrogen-bond acceptors (Lipinski definition) is 6. The number of thioether (sulfide) groups is 1. The molecule has 1 fully saturated rings. The lowest BCUT2D eigenvalue weighted by Crippen LogP contribution is -2.22. The van der Waals surface area contributed by atoms with Crippen LogP contribution >= 0.6 is 24.0 Å². The Labute approximate surface area is 161 Å². The number of amides is 1. The molecular weight excluding hydrogens is 366 g/mol. The Morgan fingerprint density at radius 3 is 2.31 bits per heavy atom. The molecule has 26 heavy (non-hydrogen) atoms. The molecule has 1 amide bonds. The number of aromatic hydroxyl groups is 1. The minimum atomic E-state index is -0.255. The minimum Gasteiger partial charge on any atom is -0.508 e. The summed E-state index contributed by atoms with van der Waals surface area (Å²) in [6, 6.07) is 14.4. The molecule has 0 bridgehead atoms. The highest BCUT2D eigenvalue weighted by Crippen LogP contribution is 2.32. The van der Waals surface area contributed by atoms with Crippen LogP contribution in [0.1, 0.15) is 11.1 Å². The van der Waals surface area contributed by atoms with Gasteiger partial charge in [-0.2, -0.15) is 10.1 Å². The highest BCUT2D eigenvalue weighted by atomic mass is 32.2. The van der Waals surface area contributed by atoms with E-state index in [0.717, 1.165) is 16.8 Å². The van der Waals surface area contributed by atoms with Crippen LogP contribution in [0, 0.1) is 0 Å². The van der Waals surface area contributed by atoms with Crippen molar-refractivity contribution in [3.63, 3.8) is 0 Å². The Morgan fingerprint density at radius 1 is 1.08 bits per heavy atom. The van der Waals surface area contributed by atoms with Gasteiger partial charge >= 0.3 is 0 Å². The van der Waals surface area contributed by atoms with Crippen LogP contribution in [0.25, 0.3) is 6.08 Å². The number of phenols is 1. The zero-order valence-corrected chi connectivity index (χ0v) is 15.9. The fourth-order valence-electron chi connectivity index (χ4n) is 2.26. The van der Waals surface area contributed by atoms with Gasteiger partial charge in [-0.15, -0.1) is 0 Å². The van der Waals surface area contributed by atoms with Gasteiger partial charge in [0.15, 0.2) is 4.32 Å². The third-order valence-electron chi connectivity index (χ3n) is 3.70. The zero-order valence-electron chi connectivity index (χ0n) is 14.3. The molecule has 5 nitrogen and oxygen atoms in total. The van der Waals surface area contributed by atoms with Crippen molar-refractivity contribution >= 4 is 52.2 Å². The molecule has 0 spiro atoms. The molecule has 3 rings (SSSR count). The summed E-state index contributed by atoms with van der Waals surface area (Å²) in [5, 5.41) is 14.8. The van der Waals surface area contributed by atoms with Gasteiger partial charge in [0, 0.05) is 19.8 Å². The van der Waals surface area contributed by atoms with Gasteiger partial charge in [0.2, 0.25) is 0 Å². The maximum atomic E-state index is 12.5. The van der Waals surface area contributed by atoms with Gasteiger partial charge in [-0.3, -0.25) is 4.79 Å². The number of hydrogen-bond donors (Lipinski definition) is 1. The van der Waals surface area contributed by atoms with Crippen LogP contribution in [-0.2, 0) is 4.79 Å². The molecule has 0 aliphatic carbocycles. The summed E-state index contributed by atoms with van der Waals surface area (Å²) in [6.07, 6.45) is 3.35. The van der Waals surface area contributed by atoms with E-state index >= 15 is 0 Å². The number of nitrogens with zero attached hydrogens (tertiary/aromatic N) is 3. The van der Waals surface area contributed by atoms with Crippen LogP contribution in [0.2, 0.25) is 0 Å². The van der Waals surface area contributed by atoms with E-state index in [1.807, 2.05) is 43.3 Å². The molecule has 1 N–H and O–H groups in total. The molecule has 0 unspecified atom stereocenters. The summed E-state index contributed by atoms with van der Waals surface area (Å²) in [5.74, 6) is -0.0752. The number of anilines is 1. The normalized spacial score (nSPS) is 16.1. The van der Waals surface area contributed by atoms with E-state index in [2.05, 4.69) is 5.10 Å². The van der Waals surface area contributed by atoms with Crippen molar-refractivity contribution in [1.82, 2.24) is 5.01 Å². The number of hydrazone groups is 1. The molecule has 0 aromatic heterocycles. The van der Waals surface area contributed by atoms with Crippen LogP contribution < -0.4 is 4.90 Å². The lowest BCUT2D eigenvalue weighted by atomic mass is 10.2.